The SMILES string of the molecule is Cc1ccccc1CN1CCN(C(=O)c2c(C)nn(-c3ccc(F)cc3)c2C)CC1. The number of piperazine rings is 1. The zero-order valence-corrected chi connectivity index (χ0v) is 17.7. The van der Waals surface area contributed by atoms with Crippen LogP contribution in [0.15, 0.2) is 48.5 Å². The molecular formula is C24H27FN4O. The van der Waals surface area contributed by atoms with E-state index in [1.807, 2.05) is 18.7 Å². The van der Waals surface area contributed by atoms with Crippen molar-refractivity contribution in [3.63, 3.8) is 0 Å². The summed E-state index contributed by atoms with van der Waals surface area (Å²) in [4.78, 5) is 17.6. The van der Waals surface area contributed by atoms with Crippen LogP contribution in [0.3, 0.4) is 0 Å². The smallest absolute Gasteiger partial charge is 0.257 e. The van der Waals surface area contributed by atoms with E-state index in [2.05, 4.69) is 41.2 Å². The summed E-state index contributed by atoms with van der Waals surface area (Å²) in [6.45, 7) is 9.90. The molecule has 3 aromatic rings. The Hall–Kier alpha value is -2.99. The van der Waals surface area contributed by atoms with E-state index in [1.165, 1.54) is 23.3 Å². The molecule has 0 bridgehead atoms. The lowest BCUT2D eigenvalue weighted by atomic mass is 10.1. The number of aryl methyl sites for hydroxylation is 2. The number of carbonyl (C=O) groups excluding carboxylic acids is 1. The highest BCUT2D eigenvalue weighted by molar-refractivity contribution is 5.96. The van der Waals surface area contributed by atoms with Gasteiger partial charge in [0.1, 0.15) is 5.82 Å². The van der Waals surface area contributed by atoms with Gasteiger partial charge in [0.25, 0.3) is 5.91 Å². The van der Waals surface area contributed by atoms with Crippen molar-refractivity contribution in [3.05, 3.63) is 82.4 Å². The number of halogens is 1. The van der Waals surface area contributed by atoms with E-state index in [-0.39, 0.29) is 11.7 Å². The predicted octanol–water partition coefficient (Wildman–Crippen LogP) is 3.89. The molecule has 30 heavy (non-hydrogen) atoms. The van der Waals surface area contributed by atoms with Crippen LogP contribution in [0.1, 0.15) is 32.9 Å². The van der Waals surface area contributed by atoms with Gasteiger partial charge in [-0.2, -0.15) is 5.10 Å². The van der Waals surface area contributed by atoms with Crippen molar-refractivity contribution in [3.8, 4) is 5.69 Å². The van der Waals surface area contributed by atoms with Crippen molar-refractivity contribution in [1.82, 2.24) is 19.6 Å². The number of aromatic nitrogens is 2. The molecule has 0 unspecified atom stereocenters. The highest BCUT2D eigenvalue weighted by Gasteiger charge is 2.27. The second kappa shape index (κ2) is 8.40. The van der Waals surface area contributed by atoms with Gasteiger partial charge in [-0.3, -0.25) is 9.69 Å². The van der Waals surface area contributed by atoms with Gasteiger partial charge in [0, 0.05) is 32.7 Å². The fraction of sp³-hybridized carbons (Fsp3) is 0.333. The first-order valence-electron chi connectivity index (χ1n) is 10.3. The molecule has 0 radical (unpaired) electrons. The zero-order valence-electron chi connectivity index (χ0n) is 17.7. The van der Waals surface area contributed by atoms with Gasteiger partial charge in [0.05, 0.1) is 22.6 Å². The molecule has 0 aliphatic carbocycles. The maximum Gasteiger partial charge on any atom is 0.257 e. The quantitative estimate of drug-likeness (QED) is 0.660. The predicted molar refractivity (Wildman–Crippen MR) is 115 cm³/mol. The standard InChI is InChI=1S/C24H27FN4O/c1-17-6-4-5-7-20(17)16-27-12-14-28(15-13-27)24(30)23-18(2)26-29(19(23)3)22-10-8-21(25)9-11-22/h4-11H,12-16H2,1-3H3. The molecule has 0 atom stereocenters. The highest BCUT2D eigenvalue weighted by Crippen LogP contribution is 2.21. The Morgan fingerprint density at radius 3 is 2.30 bits per heavy atom. The van der Waals surface area contributed by atoms with Crippen LogP contribution in [0.25, 0.3) is 5.69 Å². The Bertz CT molecular complexity index is 1050. The van der Waals surface area contributed by atoms with Gasteiger partial charge in [-0.1, -0.05) is 24.3 Å². The monoisotopic (exact) mass is 406 g/mol. The first-order chi connectivity index (χ1) is 14.4. The Morgan fingerprint density at radius 1 is 0.967 bits per heavy atom. The lowest BCUT2D eigenvalue weighted by Gasteiger charge is -2.35. The molecular weight excluding hydrogens is 379 g/mol. The topological polar surface area (TPSA) is 41.4 Å². The molecule has 0 spiro atoms. The van der Waals surface area contributed by atoms with Crippen LogP contribution in [0.5, 0.6) is 0 Å². The van der Waals surface area contributed by atoms with Crippen LogP contribution in [-0.4, -0.2) is 51.7 Å². The average molecular weight is 407 g/mol. The number of hydrogen-bond acceptors (Lipinski definition) is 3. The normalized spacial score (nSPS) is 14.9. The second-order valence-corrected chi connectivity index (χ2v) is 7.93. The first kappa shape index (κ1) is 20.3. The van der Waals surface area contributed by atoms with Crippen LogP contribution in [0.2, 0.25) is 0 Å². The Balaban J connectivity index is 1.46. The third-order valence-electron chi connectivity index (χ3n) is 5.89. The molecule has 1 fully saturated rings. The van der Waals surface area contributed by atoms with Gasteiger partial charge in [-0.05, 0) is 56.2 Å². The second-order valence-electron chi connectivity index (χ2n) is 7.93. The van der Waals surface area contributed by atoms with Crippen molar-refractivity contribution >= 4 is 5.91 Å². The van der Waals surface area contributed by atoms with E-state index in [9.17, 15) is 9.18 Å². The summed E-state index contributed by atoms with van der Waals surface area (Å²) >= 11 is 0. The van der Waals surface area contributed by atoms with Crippen molar-refractivity contribution in [2.75, 3.05) is 26.2 Å². The summed E-state index contributed by atoms with van der Waals surface area (Å²) in [6.07, 6.45) is 0. The molecule has 1 aliphatic rings. The summed E-state index contributed by atoms with van der Waals surface area (Å²) in [6, 6.07) is 14.6. The average Bonchev–Trinajstić information content (AvgIpc) is 3.04. The van der Waals surface area contributed by atoms with Crippen molar-refractivity contribution in [1.29, 1.82) is 0 Å². The van der Waals surface area contributed by atoms with Gasteiger partial charge in [-0.25, -0.2) is 9.07 Å². The van der Waals surface area contributed by atoms with Crippen LogP contribution in [0, 0.1) is 26.6 Å². The van der Waals surface area contributed by atoms with E-state index in [1.54, 1.807) is 16.8 Å². The lowest BCUT2D eigenvalue weighted by molar-refractivity contribution is 0.0626. The molecule has 0 saturated carbocycles. The zero-order chi connectivity index (χ0) is 21.3. The first-order valence-corrected chi connectivity index (χ1v) is 10.3. The molecule has 1 aliphatic heterocycles. The Kier molecular flexibility index (Phi) is 5.68. The fourth-order valence-corrected chi connectivity index (χ4v) is 4.08. The molecule has 4 rings (SSSR count). The molecule has 1 aromatic heterocycles. The number of amides is 1. The molecule has 5 nitrogen and oxygen atoms in total. The van der Waals surface area contributed by atoms with Gasteiger partial charge in [-0.15, -0.1) is 0 Å². The Labute approximate surface area is 176 Å². The van der Waals surface area contributed by atoms with Crippen molar-refractivity contribution in [2.45, 2.75) is 27.3 Å². The van der Waals surface area contributed by atoms with E-state index in [0.717, 1.165) is 31.0 Å². The molecule has 1 amide bonds. The summed E-state index contributed by atoms with van der Waals surface area (Å²) in [7, 11) is 0. The van der Waals surface area contributed by atoms with Crippen LogP contribution >= 0.6 is 0 Å². The molecule has 2 heterocycles. The number of nitrogens with zero attached hydrogens (tertiary/aromatic N) is 4. The van der Waals surface area contributed by atoms with Crippen LogP contribution in [0.4, 0.5) is 4.39 Å². The van der Waals surface area contributed by atoms with Crippen molar-refractivity contribution < 1.29 is 9.18 Å². The molecule has 1 saturated heterocycles. The Morgan fingerprint density at radius 2 is 1.63 bits per heavy atom. The summed E-state index contributed by atoms with van der Waals surface area (Å²) in [5, 5.41) is 4.54. The fourth-order valence-electron chi connectivity index (χ4n) is 4.08. The minimum Gasteiger partial charge on any atom is -0.336 e. The van der Waals surface area contributed by atoms with Gasteiger partial charge in [0.15, 0.2) is 0 Å². The molecule has 0 N–H and O–H groups in total. The maximum absolute atomic E-state index is 13.3. The maximum atomic E-state index is 13.3. The molecule has 6 heteroatoms. The number of hydrogen-bond donors (Lipinski definition) is 0. The highest BCUT2D eigenvalue weighted by atomic mass is 19.1. The minimum absolute atomic E-state index is 0.0221. The van der Waals surface area contributed by atoms with Gasteiger partial charge < -0.3 is 4.90 Å². The van der Waals surface area contributed by atoms with Gasteiger partial charge in [0.2, 0.25) is 0 Å². The lowest BCUT2D eigenvalue weighted by Crippen LogP contribution is -2.48. The summed E-state index contributed by atoms with van der Waals surface area (Å²) in [5.74, 6) is -0.269. The number of rotatable bonds is 4. The number of benzene rings is 2. The summed E-state index contributed by atoms with van der Waals surface area (Å²) in [5.41, 5.74) is 5.52. The largest absolute Gasteiger partial charge is 0.336 e. The molecule has 2 aromatic carbocycles. The van der Waals surface area contributed by atoms with Crippen molar-refractivity contribution in [2.24, 2.45) is 0 Å². The van der Waals surface area contributed by atoms with Crippen LogP contribution < -0.4 is 0 Å². The number of carbonyl (C=O) groups is 1. The van der Waals surface area contributed by atoms with E-state index < -0.39 is 0 Å². The minimum atomic E-state index is -0.292. The van der Waals surface area contributed by atoms with Gasteiger partial charge >= 0.3 is 0 Å². The summed E-state index contributed by atoms with van der Waals surface area (Å²) < 4.78 is 15.0. The van der Waals surface area contributed by atoms with E-state index >= 15 is 0 Å². The third-order valence-corrected chi connectivity index (χ3v) is 5.89. The van der Waals surface area contributed by atoms with E-state index in [0.29, 0.717) is 24.3 Å². The molecule has 156 valence electrons. The third kappa shape index (κ3) is 4.00. The van der Waals surface area contributed by atoms with Crippen LogP contribution in [-0.2, 0) is 6.54 Å². The van der Waals surface area contributed by atoms with E-state index in [4.69, 9.17) is 0 Å².